The number of hydrogen-bond donors (Lipinski definition) is 0. The van der Waals surface area contributed by atoms with Gasteiger partial charge >= 0.3 is 23.9 Å². The highest BCUT2D eigenvalue weighted by Crippen LogP contribution is 2.37. The van der Waals surface area contributed by atoms with E-state index in [-0.39, 0.29) is 12.5 Å². The Morgan fingerprint density at radius 1 is 0.929 bits per heavy atom. The molecular weight excluding hydrogens is 368 g/mol. The summed E-state index contributed by atoms with van der Waals surface area (Å²) in [5.74, 6) is -2.60. The molecule has 28 heavy (non-hydrogen) atoms. The van der Waals surface area contributed by atoms with Crippen molar-refractivity contribution in [2.75, 3.05) is 6.61 Å². The van der Waals surface area contributed by atoms with Crippen LogP contribution in [0.2, 0.25) is 0 Å². The molecule has 0 radical (unpaired) electrons. The monoisotopic (exact) mass is 392 g/mol. The summed E-state index contributed by atoms with van der Waals surface area (Å²) in [6.45, 7) is 3.40. The Labute approximate surface area is 163 Å². The molecule has 0 heterocycles. The molecule has 0 amide bonds. The maximum absolute atomic E-state index is 12.3. The fourth-order valence-corrected chi connectivity index (χ4v) is 3.04. The van der Waals surface area contributed by atoms with Crippen molar-refractivity contribution in [3.05, 3.63) is 35.9 Å². The molecule has 0 aliphatic heterocycles. The topological polar surface area (TPSA) is 105 Å². The smallest absolute Gasteiger partial charge is 0.338 e. The van der Waals surface area contributed by atoms with Gasteiger partial charge in [0.05, 0.1) is 5.56 Å². The average Bonchev–Trinajstić information content (AvgIpc) is 2.61. The molecule has 1 fully saturated rings. The number of carbonyl (C=O) groups is 4. The van der Waals surface area contributed by atoms with Crippen LogP contribution in [0, 0.1) is 5.92 Å². The van der Waals surface area contributed by atoms with E-state index in [4.69, 9.17) is 18.9 Å². The third-order valence-corrected chi connectivity index (χ3v) is 4.39. The highest BCUT2D eigenvalue weighted by Gasteiger charge is 2.46. The van der Waals surface area contributed by atoms with Crippen LogP contribution in [0.4, 0.5) is 0 Å². The molecule has 0 spiro atoms. The van der Waals surface area contributed by atoms with Crippen LogP contribution in [0.25, 0.3) is 0 Å². The molecule has 1 aromatic carbocycles. The van der Waals surface area contributed by atoms with E-state index in [9.17, 15) is 19.2 Å². The summed E-state index contributed by atoms with van der Waals surface area (Å²) >= 11 is 0. The normalized spacial score (nSPS) is 20.1. The Morgan fingerprint density at radius 3 is 2.07 bits per heavy atom. The van der Waals surface area contributed by atoms with E-state index in [0.717, 1.165) is 0 Å². The van der Waals surface area contributed by atoms with Gasteiger partial charge in [-0.15, -0.1) is 0 Å². The van der Waals surface area contributed by atoms with Crippen LogP contribution in [0.5, 0.6) is 0 Å². The van der Waals surface area contributed by atoms with Crippen molar-refractivity contribution in [3.8, 4) is 0 Å². The molecule has 1 aromatic rings. The Balaban J connectivity index is 2.13. The van der Waals surface area contributed by atoms with E-state index < -0.39 is 42.2 Å². The second kappa shape index (κ2) is 9.87. The van der Waals surface area contributed by atoms with Crippen LogP contribution in [0.3, 0.4) is 0 Å². The number of hydrogen-bond acceptors (Lipinski definition) is 8. The van der Waals surface area contributed by atoms with Crippen LogP contribution in [0.15, 0.2) is 30.3 Å². The Morgan fingerprint density at radius 2 is 1.57 bits per heavy atom. The first-order valence-electron chi connectivity index (χ1n) is 9.01. The Hall–Kier alpha value is -2.90. The summed E-state index contributed by atoms with van der Waals surface area (Å²) in [5.41, 5.74) is 0.411. The second-order valence-electron chi connectivity index (χ2n) is 6.58. The van der Waals surface area contributed by atoms with Gasteiger partial charge in [-0.05, 0) is 25.0 Å². The summed E-state index contributed by atoms with van der Waals surface area (Å²) in [4.78, 5) is 46.5. The van der Waals surface area contributed by atoms with Crippen molar-refractivity contribution in [2.45, 2.75) is 51.9 Å². The van der Waals surface area contributed by atoms with E-state index in [1.807, 2.05) is 0 Å². The minimum Gasteiger partial charge on any atom is -0.462 e. The maximum Gasteiger partial charge on any atom is 0.338 e. The minimum atomic E-state index is -0.992. The van der Waals surface area contributed by atoms with Gasteiger partial charge in [0.2, 0.25) is 0 Å². The van der Waals surface area contributed by atoms with Gasteiger partial charge in [-0.3, -0.25) is 14.4 Å². The van der Waals surface area contributed by atoms with Gasteiger partial charge in [-0.2, -0.15) is 0 Å². The van der Waals surface area contributed by atoms with Gasteiger partial charge in [-0.25, -0.2) is 4.79 Å². The third-order valence-electron chi connectivity index (χ3n) is 4.39. The van der Waals surface area contributed by atoms with Crippen LogP contribution in [0.1, 0.15) is 44.0 Å². The van der Waals surface area contributed by atoms with Crippen LogP contribution in [-0.4, -0.2) is 48.8 Å². The Bertz CT molecular complexity index is 714. The van der Waals surface area contributed by atoms with Gasteiger partial charge in [0.25, 0.3) is 0 Å². The lowest BCUT2D eigenvalue weighted by Gasteiger charge is -2.42. The molecule has 8 heteroatoms. The largest absolute Gasteiger partial charge is 0.462 e. The second-order valence-corrected chi connectivity index (χ2v) is 6.58. The summed E-state index contributed by atoms with van der Waals surface area (Å²) in [7, 11) is 0. The van der Waals surface area contributed by atoms with Gasteiger partial charge in [-0.1, -0.05) is 18.2 Å². The minimum absolute atomic E-state index is 0.261. The molecule has 1 aliphatic carbocycles. The van der Waals surface area contributed by atoms with Crippen molar-refractivity contribution in [1.82, 2.24) is 0 Å². The molecule has 0 saturated heterocycles. The molecule has 152 valence electrons. The van der Waals surface area contributed by atoms with Gasteiger partial charge in [0.1, 0.15) is 18.8 Å². The highest BCUT2D eigenvalue weighted by atomic mass is 16.6. The maximum atomic E-state index is 12.3. The lowest BCUT2D eigenvalue weighted by molar-refractivity contribution is -0.188. The zero-order chi connectivity index (χ0) is 20.7. The average molecular weight is 392 g/mol. The van der Waals surface area contributed by atoms with Crippen molar-refractivity contribution in [1.29, 1.82) is 0 Å². The van der Waals surface area contributed by atoms with E-state index in [2.05, 4.69) is 0 Å². The number of ether oxygens (including phenoxy) is 4. The summed E-state index contributed by atoms with van der Waals surface area (Å²) in [5, 5.41) is 0. The molecule has 1 aliphatic rings. The molecule has 4 atom stereocenters. The first-order chi connectivity index (χ1) is 13.3. The lowest BCUT2D eigenvalue weighted by atomic mass is 9.76. The molecular formula is C20H24O8. The van der Waals surface area contributed by atoms with Crippen LogP contribution in [-0.2, 0) is 33.3 Å². The molecule has 0 N–H and O–H groups in total. The first kappa shape index (κ1) is 21.4. The van der Waals surface area contributed by atoms with Gasteiger partial charge < -0.3 is 18.9 Å². The van der Waals surface area contributed by atoms with E-state index >= 15 is 0 Å². The molecule has 0 bridgehead atoms. The quantitative estimate of drug-likeness (QED) is 0.489. The summed E-state index contributed by atoms with van der Waals surface area (Å²) in [6, 6.07) is 8.53. The lowest BCUT2D eigenvalue weighted by Crippen LogP contribution is -2.52. The van der Waals surface area contributed by atoms with Crippen molar-refractivity contribution >= 4 is 23.9 Å². The predicted octanol–water partition coefficient (Wildman–Crippen LogP) is 2.05. The number of carbonyl (C=O) groups excluding carboxylic acids is 4. The van der Waals surface area contributed by atoms with Crippen LogP contribution >= 0.6 is 0 Å². The standard InChI is InChI=1S/C20H24O8/c1-12(21)25-11-18(26-13(2)22)19(27-14(3)23)16-9-10-17(16)28-20(24)15-7-5-4-6-8-15/h4-8,16-19H,9-11H2,1-3H3. The summed E-state index contributed by atoms with van der Waals surface area (Å²) in [6.07, 6.45) is -1.21. The number of rotatable bonds is 8. The fraction of sp³-hybridized carbons (Fsp3) is 0.500. The van der Waals surface area contributed by atoms with Crippen molar-refractivity contribution in [2.24, 2.45) is 5.92 Å². The molecule has 8 nitrogen and oxygen atoms in total. The molecule has 1 saturated carbocycles. The van der Waals surface area contributed by atoms with E-state index in [0.29, 0.717) is 18.4 Å². The third kappa shape index (κ3) is 6.07. The molecule has 4 unspecified atom stereocenters. The zero-order valence-corrected chi connectivity index (χ0v) is 16.1. The predicted molar refractivity (Wildman–Crippen MR) is 96.1 cm³/mol. The SMILES string of the molecule is CC(=O)OCC(OC(C)=O)C(OC(C)=O)C1CCC1OC(=O)c1ccccc1. The number of esters is 4. The molecule has 0 aromatic heterocycles. The first-order valence-corrected chi connectivity index (χ1v) is 9.01. The highest BCUT2D eigenvalue weighted by molar-refractivity contribution is 5.89. The summed E-state index contributed by atoms with van der Waals surface area (Å²) < 4.78 is 21.1. The fourth-order valence-electron chi connectivity index (χ4n) is 3.04. The number of benzene rings is 1. The Kier molecular flexibility index (Phi) is 7.54. The molecule has 2 rings (SSSR count). The van der Waals surface area contributed by atoms with Gasteiger partial charge in [0, 0.05) is 26.7 Å². The van der Waals surface area contributed by atoms with Crippen molar-refractivity contribution in [3.63, 3.8) is 0 Å². The zero-order valence-electron chi connectivity index (χ0n) is 16.1. The van der Waals surface area contributed by atoms with Crippen molar-refractivity contribution < 1.29 is 38.1 Å². The van der Waals surface area contributed by atoms with Crippen LogP contribution < -0.4 is 0 Å². The van der Waals surface area contributed by atoms with Gasteiger partial charge in [0.15, 0.2) is 6.10 Å². The van der Waals surface area contributed by atoms with E-state index in [1.54, 1.807) is 30.3 Å². The van der Waals surface area contributed by atoms with E-state index in [1.165, 1.54) is 20.8 Å².